The Hall–Kier alpha value is -0.483. The summed E-state index contributed by atoms with van der Waals surface area (Å²) >= 11 is 0. The lowest BCUT2D eigenvalue weighted by Crippen LogP contribution is -2.35. The maximum absolute atomic E-state index is 10.9. The zero-order valence-electron chi connectivity index (χ0n) is 8.55. The minimum absolute atomic E-state index is 0.103. The first-order valence-corrected chi connectivity index (χ1v) is 6.02. The summed E-state index contributed by atoms with van der Waals surface area (Å²) in [6, 6.07) is 0. The molecule has 13 heavy (non-hydrogen) atoms. The van der Waals surface area contributed by atoms with Gasteiger partial charge in [-0.05, 0) is 20.3 Å². The molecule has 75 valence electrons. The van der Waals surface area contributed by atoms with Gasteiger partial charge in [-0.15, -0.1) is 0 Å². The van der Waals surface area contributed by atoms with Gasteiger partial charge in [-0.25, -0.2) is 0 Å². The van der Waals surface area contributed by atoms with Crippen LogP contribution in [0.1, 0.15) is 40.0 Å². The fraction of sp³-hybridized carbons (Fsp3) is 0.778. The van der Waals surface area contributed by atoms with Crippen molar-refractivity contribution in [1.82, 2.24) is 0 Å². The number of carbonyl (C=O) groups excluding carboxylic acids is 2. The van der Waals surface area contributed by atoms with Gasteiger partial charge in [0.25, 0.3) is 0 Å². The van der Waals surface area contributed by atoms with E-state index in [0.717, 1.165) is 19.3 Å². The van der Waals surface area contributed by atoms with Crippen molar-refractivity contribution in [3.05, 3.63) is 0 Å². The van der Waals surface area contributed by atoms with Gasteiger partial charge in [-0.2, -0.15) is 0 Å². The first-order chi connectivity index (χ1) is 6.09. The van der Waals surface area contributed by atoms with E-state index in [2.05, 4.69) is 6.92 Å². The number of carbonyl (C=O) groups is 2. The standard InChI is InChI=1S/C9H17O3Si/c1-4-5-6-7-12-13(8(2)10)9(3)11/h4-7H2,1-3H3. The summed E-state index contributed by atoms with van der Waals surface area (Å²) in [7, 11) is -1.84. The van der Waals surface area contributed by atoms with Crippen LogP contribution in [0.3, 0.4) is 0 Å². The van der Waals surface area contributed by atoms with Crippen LogP contribution in [0.4, 0.5) is 0 Å². The average molecular weight is 201 g/mol. The zero-order chi connectivity index (χ0) is 10.3. The largest absolute Gasteiger partial charge is 0.404 e. The normalized spacial score (nSPS) is 10.5. The van der Waals surface area contributed by atoms with Crippen LogP contribution in [-0.4, -0.2) is 26.5 Å². The molecule has 0 aromatic rings. The SMILES string of the molecule is CCCCCO[Si](C(C)=O)C(C)=O. The summed E-state index contributed by atoms with van der Waals surface area (Å²) in [5, 5.41) is -0.206. The maximum Gasteiger partial charge on any atom is 0.366 e. The molecule has 0 aromatic heterocycles. The van der Waals surface area contributed by atoms with E-state index in [1.54, 1.807) is 0 Å². The first kappa shape index (κ1) is 12.5. The molecule has 3 nitrogen and oxygen atoms in total. The Morgan fingerprint density at radius 2 is 1.69 bits per heavy atom. The van der Waals surface area contributed by atoms with Gasteiger partial charge in [0.05, 0.1) is 0 Å². The first-order valence-electron chi connectivity index (χ1n) is 4.61. The summed E-state index contributed by atoms with van der Waals surface area (Å²) in [4.78, 5) is 21.9. The van der Waals surface area contributed by atoms with E-state index in [9.17, 15) is 9.59 Å². The monoisotopic (exact) mass is 201 g/mol. The highest BCUT2D eigenvalue weighted by Crippen LogP contribution is 1.97. The van der Waals surface area contributed by atoms with Crippen molar-refractivity contribution < 1.29 is 14.0 Å². The molecule has 0 fully saturated rings. The summed E-state index contributed by atoms with van der Waals surface area (Å²) in [5.74, 6) is 0. The van der Waals surface area contributed by atoms with Crippen LogP contribution in [0.15, 0.2) is 0 Å². The number of unbranched alkanes of at least 4 members (excludes halogenated alkanes) is 2. The highest BCUT2D eigenvalue weighted by atomic mass is 28.3. The molecule has 0 spiro atoms. The number of hydrogen-bond donors (Lipinski definition) is 0. The molecule has 1 radical (unpaired) electrons. The highest BCUT2D eigenvalue weighted by Gasteiger charge is 2.24. The van der Waals surface area contributed by atoms with Crippen LogP contribution in [0, 0.1) is 0 Å². The van der Waals surface area contributed by atoms with E-state index < -0.39 is 9.04 Å². The average Bonchev–Trinajstić information content (AvgIpc) is 2.02. The molecule has 0 aliphatic heterocycles. The van der Waals surface area contributed by atoms with Crippen LogP contribution in [0.5, 0.6) is 0 Å². The molecular weight excluding hydrogens is 184 g/mol. The molecule has 0 bridgehead atoms. The molecule has 0 saturated carbocycles. The number of hydrogen-bond acceptors (Lipinski definition) is 3. The second-order valence-corrected chi connectivity index (χ2v) is 5.35. The van der Waals surface area contributed by atoms with Gasteiger partial charge in [0.2, 0.25) is 0 Å². The summed E-state index contributed by atoms with van der Waals surface area (Å²) in [6.45, 7) is 5.49. The van der Waals surface area contributed by atoms with E-state index in [1.807, 2.05) is 0 Å². The smallest absolute Gasteiger partial charge is 0.366 e. The lowest BCUT2D eigenvalue weighted by Gasteiger charge is -2.08. The maximum atomic E-state index is 10.9. The fourth-order valence-electron chi connectivity index (χ4n) is 0.977. The Labute approximate surface area is 81.2 Å². The summed E-state index contributed by atoms with van der Waals surface area (Å²) < 4.78 is 5.27. The second kappa shape index (κ2) is 6.97. The van der Waals surface area contributed by atoms with Gasteiger partial charge in [-0.3, -0.25) is 0 Å². The van der Waals surface area contributed by atoms with Crippen LogP contribution in [0.25, 0.3) is 0 Å². The van der Waals surface area contributed by atoms with Gasteiger partial charge >= 0.3 is 9.04 Å². The lowest BCUT2D eigenvalue weighted by molar-refractivity contribution is -0.115. The van der Waals surface area contributed by atoms with Crippen molar-refractivity contribution in [3.8, 4) is 0 Å². The van der Waals surface area contributed by atoms with E-state index in [0.29, 0.717) is 6.61 Å². The van der Waals surface area contributed by atoms with Crippen LogP contribution in [0.2, 0.25) is 0 Å². The quantitative estimate of drug-likeness (QED) is 0.462. The fourth-order valence-corrected chi connectivity index (χ4v) is 2.23. The van der Waals surface area contributed by atoms with E-state index in [1.165, 1.54) is 13.8 Å². The van der Waals surface area contributed by atoms with Crippen molar-refractivity contribution in [3.63, 3.8) is 0 Å². The van der Waals surface area contributed by atoms with Gasteiger partial charge < -0.3 is 14.0 Å². The topological polar surface area (TPSA) is 43.4 Å². The van der Waals surface area contributed by atoms with Crippen molar-refractivity contribution in [2.75, 3.05) is 6.61 Å². The molecule has 0 N–H and O–H groups in total. The van der Waals surface area contributed by atoms with E-state index >= 15 is 0 Å². The zero-order valence-corrected chi connectivity index (χ0v) is 9.55. The van der Waals surface area contributed by atoms with Gasteiger partial charge in [-0.1, -0.05) is 19.8 Å². The Balaban J connectivity index is 3.71. The predicted molar refractivity (Wildman–Crippen MR) is 52.6 cm³/mol. The van der Waals surface area contributed by atoms with Crippen molar-refractivity contribution in [2.45, 2.75) is 40.0 Å². The molecule has 0 saturated heterocycles. The molecule has 0 aliphatic carbocycles. The highest BCUT2D eigenvalue weighted by molar-refractivity contribution is 7.06. The van der Waals surface area contributed by atoms with Crippen LogP contribution < -0.4 is 0 Å². The molecule has 0 unspecified atom stereocenters. The lowest BCUT2D eigenvalue weighted by atomic mass is 10.3. The second-order valence-electron chi connectivity index (χ2n) is 3.00. The molecule has 0 heterocycles. The van der Waals surface area contributed by atoms with Gasteiger partial charge in [0.15, 0.2) is 0 Å². The summed E-state index contributed by atoms with van der Waals surface area (Å²) in [6.07, 6.45) is 3.14. The molecule has 0 rings (SSSR count). The Kier molecular flexibility index (Phi) is 6.71. The third-order valence-electron chi connectivity index (χ3n) is 1.63. The Morgan fingerprint density at radius 3 is 2.08 bits per heavy atom. The predicted octanol–water partition coefficient (Wildman–Crippen LogP) is 1.44. The molecule has 4 heteroatoms. The van der Waals surface area contributed by atoms with Crippen LogP contribution >= 0.6 is 0 Å². The third kappa shape index (κ3) is 5.71. The molecule has 0 atom stereocenters. The molecular formula is C9H17O3Si. The minimum Gasteiger partial charge on any atom is -0.404 e. The molecule has 0 aliphatic rings. The van der Waals surface area contributed by atoms with Crippen LogP contribution in [-0.2, 0) is 14.0 Å². The van der Waals surface area contributed by atoms with Crippen molar-refractivity contribution in [2.24, 2.45) is 0 Å². The molecule has 0 amide bonds. The Bertz CT molecular complexity index is 166. The minimum atomic E-state index is -1.84. The van der Waals surface area contributed by atoms with Crippen molar-refractivity contribution >= 4 is 19.9 Å². The van der Waals surface area contributed by atoms with E-state index in [-0.39, 0.29) is 10.8 Å². The number of rotatable bonds is 7. The summed E-state index contributed by atoms with van der Waals surface area (Å²) in [5.41, 5.74) is 0. The van der Waals surface area contributed by atoms with E-state index in [4.69, 9.17) is 4.43 Å². The van der Waals surface area contributed by atoms with Crippen molar-refractivity contribution in [1.29, 1.82) is 0 Å². The Morgan fingerprint density at radius 1 is 1.15 bits per heavy atom. The van der Waals surface area contributed by atoms with Gasteiger partial charge in [0.1, 0.15) is 10.8 Å². The third-order valence-corrected chi connectivity index (χ3v) is 3.41. The van der Waals surface area contributed by atoms with Gasteiger partial charge in [0, 0.05) is 6.61 Å². The molecule has 0 aromatic carbocycles.